The fourth-order valence-electron chi connectivity index (χ4n) is 5.07. The molecule has 0 radical (unpaired) electrons. The molecule has 1 atom stereocenters. The second kappa shape index (κ2) is 7.47. The second-order valence-electron chi connectivity index (χ2n) is 9.61. The Morgan fingerprint density at radius 3 is 2.69 bits per heavy atom. The minimum absolute atomic E-state index is 0.174. The Morgan fingerprint density at radius 2 is 1.94 bits per heavy atom. The number of hydrogen-bond acceptors (Lipinski definition) is 5. The van der Waals surface area contributed by atoms with Crippen molar-refractivity contribution in [3.05, 3.63) is 48.4 Å². The van der Waals surface area contributed by atoms with Gasteiger partial charge >= 0.3 is 0 Å². The van der Waals surface area contributed by atoms with Gasteiger partial charge in [0.25, 0.3) is 0 Å². The number of nitrogens with zero attached hydrogens (tertiary/aromatic N) is 4. The monoisotopic (exact) mass is 427 g/mol. The van der Waals surface area contributed by atoms with Crippen LogP contribution in [0.4, 0.5) is 11.5 Å². The molecule has 2 N–H and O–H groups in total. The second-order valence-corrected chi connectivity index (χ2v) is 9.61. The summed E-state index contributed by atoms with van der Waals surface area (Å²) in [5, 5.41) is 2.30. The van der Waals surface area contributed by atoms with Crippen molar-refractivity contribution in [1.29, 1.82) is 0 Å². The van der Waals surface area contributed by atoms with Crippen LogP contribution >= 0.6 is 0 Å². The Hall–Kier alpha value is -3.15. The Bertz CT molecular complexity index is 1190. The van der Waals surface area contributed by atoms with Crippen molar-refractivity contribution in [2.24, 2.45) is 5.92 Å². The van der Waals surface area contributed by atoms with Crippen LogP contribution in [0.5, 0.6) is 0 Å². The number of fused-ring (bicyclic) bond motifs is 1. The lowest BCUT2D eigenvalue weighted by molar-refractivity contribution is -0.134. The van der Waals surface area contributed by atoms with Crippen molar-refractivity contribution in [3.63, 3.8) is 0 Å². The highest BCUT2D eigenvalue weighted by atomic mass is 16.2. The predicted molar refractivity (Wildman–Crippen MR) is 127 cm³/mol. The van der Waals surface area contributed by atoms with E-state index >= 15 is 0 Å². The Morgan fingerprint density at radius 1 is 1.09 bits per heavy atom. The largest absolute Gasteiger partial charge is 0.396 e. The number of piperazine rings is 1. The first kappa shape index (κ1) is 19.5. The van der Waals surface area contributed by atoms with Gasteiger partial charge in [0, 0.05) is 60.9 Å². The first-order valence-corrected chi connectivity index (χ1v) is 11.8. The first-order valence-electron chi connectivity index (χ1n) is 11.8. The van der Waals surface area contributed by atoms with Crippen molar-refractivity contribution in [2.45, 2.75) is 44.6 Å². The molecule has 3 fully saturated rings. The number of pyridine rings is 2. The van der Waals surface area contributed by atoms with E-state index in [1.807, 2.05) is 12.4 Å². The van der Waals surface area contributed by atoms with Gasteiger partial charge in [0.15, 0.2) is 5.82 Å². The molecule has 0 unspecified atom stereocenters. The SMILES string of the molecule is C[C@@H]1CN(c2nc(C3CC3)c(-c3cccc4cnccc34)cc2N)CCN1C(=O)C1CC1. The van der Waals surface area contributed by atoms with Gasteiger partial charge in [-0.2, -0.15) is 0 Å². The van der Waals surface area contributed by atoms with Gasteiger partial charge in [-0.3, -0.25) is 9.78 Å². The van der Waals surface area contributed by atoms with Crippen LogP contribution in [0.15, 0.2) is 42.7 Å². The van der Waals surface area contributed by atoms with E-state index in [9.17, 15) is 4.79 Å². The normalized spacial score (nSPS) is 21.2. The number of benzene rings is 1. The van der Waals surface area contributed by atoms with Crippen LogP contribution in [-0.2, 0) is 4.79 Å². The van der Waals surface area contributed by atoms with E-state index in [-0.39, 0.29) is 12.0 Å². The molecule has 1 amide bonds. The summed E-state index contributed by atoms with van der Waals surface area (Å²) in [4.78, 5) is 26.4. The molecule has 32 heavy (non-hydrogen) atoms. The van der Waals surface area contributed by atoms with Gasteiger partial charge in [-0.25, -0.2) is 4.98 Å². The third-order valence-corrected chi connectivity index (χ3v) is 7.13. The summed E-state index contributed by atoms with van der Waals surface area (Å²) in [5.74, 6) is 1.97. The zero-order chi connectivity index (χ0) is 21.8. The molecule has 6 heteroatoms. The highest BCUT2D eigenvalue weighted by Gasteiger charge is 2.38. The smallest absolute Gasteiger partial charge is 0.226 e. The number of carbonyl (C=O) groups excluding carboxylic acids is 1. The number of amides is 1. The fourth-order valence-corrected chi connectivity index (χ4v) is 5.07. The van der Waals surface area contributed by atoms with Crippen molar-refractivity contribution >= 4 is 28.2 Å². The topological polar surface area (TPSA) is 75.4 Å². The summed E-state index contributed by atoms with van der Waals surface area (Å²) in [6.45, 7) is 4.44. The lowest BCUT2D eigenvalue weighted by atomic mass is 9.96. The van der Waals surface area contributed by atoms with E-state index < -0.39 is 0 Å². The average molecular weight is 428 g/mol. The third kappa shape index (κ3) is 3.38. The summed E-state index contributed by atoms with van der Waals surface area (Å²) >= 11 is 0. The Kier molecular flexibility index (Phi) is 4.56. The number of hydrogen-bond donors (Lipinski definition) is 1. The molecular weight excluding hydrogens is 398 g/mol. The molecule has 2 aliphatic carbocycles. The molecule has 1 saturated heterocycles. The number of rotatable bonds is 4. The minimum Gasteiger partial charge on any atom is -0.396 e. The molecular formula is C26H29N5O. The van der Waals surface area contributed by atoms with E-state index in [4.69, 9.17) is 10.7 Å². The molecule has 3 aromatic rings. The van der Waals surface area contributed by atoms with Gasteiger partial charge in [-0.15, -0.1) is 0 Å². The van der Waals surface area contributed by atoms with Crippen LogP contribution in [0, 0.1) is 5.92 Å². The van der Waals surface area contributed by atoms with E-state index in [2.05, 4.69) is 52.0 Å². The quantitative estimate of drug-likeness (QED) is 0.675. The van der Waals surface area contributed by atoms with Crippen molar-refractivity contribution in [1.82, 2.24) is 14.9 Å². The zero-order valence-corrected chi connectivity index (χ0v) is 18.5. The summed E-state index contributed by atoms with van der Waals surface area (Å²) in [7, 11) is 0. The lowest BCUT2D eigenvalue weighted by Gasteiger charge is -2.41. The lowest BCUT2D eigenvalue weighted by Crippen LogP contribution is -2.54. The van der Waals surface area contributed by atoms with Crippen LogP contribution in [0.2, 0.25) is 0 Å². The molecule has 0 bridgehead atoms. The maximum atomic E-state index is 12.6. The molecule has 2 saturated carbocycles. The fraction of sp³-hybridized carbons (Fsp3) is 0.423. The molecule has 0 spiro atoms. The zero-order valence-electron chi connectivity index (χ0n) is 18.5. The van der Waals surface area contributed by atoms with Gasteiger partial charge in [0.1, 0.15) is 0 Å². The van der Waals surface area contributed by atoms with Crippen molar-refractivity contribution in [3.8, 4) is 11.1 Å². The third-order valence-electron chi connectivity index (χ3n) is 7.13. The maximum absolute atomic E-state index is 12.6. The van der Waals surface area contributed by atoms with Gasteiger partial charge in [-0.05, 0) is 55.7 Å². The van der Waals surface area contributed by atoms with Crippen LogP contribution < -0.4 is 10.6 Å². The summed E-state index contributed by atoms with van der Waals surface area (Å²) in [6.07, 6.45) is 8.21. The molecule has 1 aromatic carbocycles. The highest BCUT2D eigenvalue weighted by molar-refractivity contribution is 5.97. The molecule has 3 heterocycles. The van der Waals surface area contributed by atoms with E-state index in [0.717, 1.165) is 54.9 Å². The molecule has 164 valence electrons. The number of carbonyl (C=O) groups is 1. The van der Waals surface area contributed by atoms with Gasteiger partial charge in [0.2, 0.25) is 5.91 Å². The van der Waals surface area contributed by atoms with Gasteiger partial charge in [-0.1, -0.05) is 18.2 Å². The van der Waals surface area contributed by atoms with Crippen molar-refractivity contribution < 1.29 is 4.79 Å². The Balaban J connectivity index is 1.36. The van der Waals surface area contributed by atoms with Crippen LogP contribution in [0.3, 0.4) is 0 Å². The summed E-state index contributed by atoms with van der Waals surface area (Å²) in [5.41, 5.74) is 10.8. The van der Waals surface area contributed by atoms with Crippen LogP contribution in [0.25, 0.3) is 21.9 Å². The number of nitrogens with two attached hydrogens (primary N) is 1. The molecule has 1 aliphatic heterocycles. The maximum Gasteiger partial charge on any atom is 0.226 e. The molecule has 6 rings (SSSR count). The number of anilines is 2. The molecule has 6 nitrogen and oxygen atoms in total. The number of nitrogen functional groups attached to an aromatic ring is 1. The van der Waals surface area contributed by atoms with Gasteiger partial charge in [0.05, 0.1) is 11.4 Å². The van der Waals surface area contributed by atoms with E-state index in [1.54, 1.807) is 0 Å². The average Bonchev–Trinajstić information content (AvgIpc) is 3.71. The molecule has 3 aliphatic rings. The predicted octanol–water partition coefficient (Wildman–Crippen LogP) is 4.20. The minimum atomic E-state index is 0.174. The van der Waals surface area contributed by atoms with E-state index in [0.29, 0.717) is 17.5 Å². The molecule has 2 aromatic heterocycles. The van der Waals surface area contributed by atoms with Crippen LogP contribution in [0.1, 0.15) is 44.2 Å². The summed E-state index contributed by atoms with van der Waals surface area (Å²) < 4.78 is 0. The summed E-state index contributed by atoms with van der Waals surface area (Å²) in [6, 6.07) is 10.7. The Labute approximate surface area is 188 Å². The first-order chi connectivity index (χ1) is 15.6. The number of aromatic nitrogens is 2. The highest BCUT2D eigenvalue weighted by Crippen LogP contribution is 2.46. The van der Waals surface area contributed by atoms with Gasteiger partial charge < -0.3 is 15.5 Å². The van der Waals surface area contributed by atoms with Crippen LogP contribution in [-0.4, -0.2) is 46.5 Å². The standard InChI is InChI=1S/C26H29N5O/c1-16-15-30(11-12-31(16)26(32)18-7-8-18)25-23(27)13-22(24(29-25)17-5-6-17)21-4-2-3-19-14-28-10-9-20(19)21/h2-4,9-10,13-14,16-18H,5-8,11-12,15,27H2,1H3/t16-/m1/s1. The van der Waals surface area contributed by atoms with Crippen molar-refractivity contribution in [2.75, 3.05) is 30.3 Å². The van der Waals surface area contributed by atoms with E-state index in [1.165, 1.54) is 23.8 Å².